The minimum absolute atomic E-state index is 0.456. The lowest BCUT2D eigenvalue weighted by Crippen LogP contribution is -2.05. The molecule has 0 unspecified atom stereocenters. The summed E-state index contributed by atoms with van der Waals surface area (Å²) in [7, 11) is 0. The van der Waals surface area contributed by atoms with Crippen molar-refractivity contribution in [3.8, 4) is 0 Å². The Hall–Kier alpha value is -1.65. The Morgan fingerprint density at radius 3 is 2.70 bits per heavy atom. The zero-order valence-electron chi connectivity index (χ0n) is 11.9. The molecular weight excluding hydrogens is 256 g/mol. The second-order valence-corrected chi connectivity index (χ2v) is 4.39. The zero-order chi connectivity index (χ0) is 14.6. The standard InChI is InChI=1S/C16H22O4/c1-2-3-10-19-11-12-20-13-15-7-5-4-6-14(15)8-9-16(17)18/h4-9H,2-3,10-13H2,1H3,(H,17,18). The van der Waals surface area contributed by atoms with Crippen molar-refractivity contribution >= 4 is 12.0 Å². The maximum atomic E-state index is 10.5. The first kappa shape index (κ1) is 16.4. The normalized spacial score (nSPS) is 11.1. The van der Waals surface area contributed by atoms with Gasteiger partial charge in [-0.15, -0.1) is 0 Å². The fourth-order valence-corrected chi connectivity index (χ4v) is 1.64. The Morgan fingerprint density at radius 1 is 1.20 bits per heavy atom. The predicted molar refractivity (Wildman–Crippen MR) is 78.5 cm³/mol. The van der Waals surface area contributed by atoms with Crippen LogP contribution >= 0.6 is 0 Å². The lowest BCUT2D eigenvalue weighted by atomic mass is 10.1. The van der Waals surface area contributed by atoms with Gasteiger partial charge >= 0.3 is 5.97 Å². The number of ether oxygens (including phenoxy) is 2. The predicted octanol–water partition coefficient (Wildman–Crippen LogP) is 3.12. The van der Waals surface area contributed by atoms with Crippen LogP contribution < -0.4 is 0 Å². The highest BCUT2D eigenvalue weighted by atomic mass is 16.5. The number of aliphatic carboxylic acids is 1. The molecule has 0 amide bonds. The van der Waals surface area contributed by atoms with E-state index in [0.717, 1.165) is 36.7 Å². The summed E-state index contributed by atoms with van der Waals surface area (Å²) in [6.07, 6.45) is 4.92. The molecule has 0 aliphatic rings. The molecule has 4 heteroatoms. The minimum atomic E-state index is -0.954. The number of carbonyl (C=O) groups is 1. The Labute approximate surface area is 120 Å². The molecule has 0 bridgehead atoms. The van der Waals surface area contributed by atoms with E-state index in [0.29, 0.717) is 19.8 Å². The molecule has 0 aliphatic carbocycles. The van der Waals surface area contributed by atoms with E-state index in [4.69, 9.17) is 14.6 Å². The number of hydrogen-bond donors (Lipinski definition) is 1. The number of hydrogen-bond acceptors (Lipinski definition) is 3. The number of carboxylic acids is 1. The third kappa shape index (κ3) is 7.07. The summed E-state index contributed by atoms with van der Waals surface area (Å²) in [4.78, 5) is 10.5. The lowest BCUT2D eigenvalue weighted by molar-refractivity contribution is -0.131. The van der Waals surface area contributed by atoms with Crippen LogP contribution in [0.25, 0.3) is 6.08 Å². The molecule has 1 N–H and O–H groups in total. The van der Waals surface area contributed by atoms with Crippen molar-refractivity contribution in [2.75, 3.05) is 19.8 Å². The van der Waals surface area contributed by atoms with Crippen LogP contribution in [0.15, 0.2) is 30.3 Å². The Bertz CT molecular complexity index is 426. The van der Waals surface area contributed by atoms with Gasteiger partial charge in [0.05, 0.1) is 19.8 Å². The average Bonchev–Trinajstić information content (AvgIpc) is 2.45. The molecule has 0 saturated carbocycles. The smallest absolute Gasteiger partial charge is 0.328 e. The zero-order valence-corrected chi connectivity index (χ0v) is 11.9. The maximum absolute atomic E-state index is 10.5. The van der Waals surface area contributed by atoms with Crippen LogP contribution in [0, 0.1) is 0 Å². The van der Waals surface area contributed by atoms with E-state index >= 15 is 0 Å². The topological polar surface area (TPSA) is 55.8 Å². The van der Waals surface area contributed by atoms with E-state index in [1.165, 1.54) is 0 Å². The highest BCUT2D eigenvalue weighted by Crippen LogP contribution is 2.12. The molecule has 1 aromatic carbocycles. The number of rotatable bonds is 10. The molecule has 0 aromatic heterocycles. The van der Waals surface area contributed by atoms with Crippen LogP contribution in [0.1, 0.15) is 30.9 Å². The molecule has 0 fully saturated rings. The molecule has 110 valence electrons. The summed E-state index contributed by atoms with van der Waals surface area (Å²) in [5.74, 6) is -0.954. The first-order valence-corrected chi connectivity index (χ1v) is 6.88. The van der Waals surface area contributed by atoms with Crippen molar-refractivity contribution in [3.63, 3.8) is 0 Å². The van der Waals surface area contributed by atoms with Gasteiger partial charge in [0, 0.05) is 12.7 Å². The van der Waals surface area contributed by atoms with Crippen molar-refractivity contribution in [1.82, 2.24) is 0 Å². The van der Waals surface area contributed by atoms with Gasteiger partial charge in [-0.25, -0.2) is 4.79 Å². The summed E-state index contributed by atoms with van der Waals surface area (Å²) < 4.78 is 10.9. The third-order valence-corrected chi connectivity index (χ3v) is 2.73. The van der Waals surface area contributed by atoms with Crippen molar-refractivity contribution in [3.05, 3.63) is 41.5 Å². The largest absolute Gasteiger partial charge is 0.478 e. The fraction of sp³-hybridized carbons (Fsp3) is 0.438. The monoisotopic (exact) mass is 278 g/mol. The first-order chi connectivity index (χ1) is 9.74. The highest BCUT2D eigenvalue weighted by Gasteiger charge is 2.00. The van der Waals surface area contributed by atoms with Gasteiger partial charge in [0.1, 0.15) is 0 Å². The maximum Gasteiger partial charge on any atom is 0.328 e. The molecular formula is C16H22O4. The van der Waals surface area contributed by atoms with Gasteiger partial charge in [0.25, 0.3) is 0 Å². The summed E-state index contributed by atoms with van der Waals surface area (Å²) in [5, 5.41) is 8.65. The van der Waals surface area contributed by atoms with Gasteiger partial charge < -0.3 is 14.6 Å². The molecule has 20 heavy (non-hydrogen) atoms. The summed E-state index contributed by atoms with van der Waals surface area (Å²) >= 11 is 0. The number of benzene rings is 1. The second kappa shape index (κ2) is 10.2. The highest BCUT2D eigenvalue weighted by molar-refractivity contribution is 5.85. The van der Waals surface area contributed by atoms with Gasteiger partial charge in [-0.2, -0.15) is 0 Å². The van der Waals surface area contributed by atoms with Crippen LogP contribution in [0.2, 0.25) is 0 Å². The second-order valence-electron chi connectivity index (χ2n) is 4.39. The summed E-state index contributed by atoms with van der Waals surface area (Å²) in [6, 6.07) is 7.59. The van der Waals surface area contributed by atoms with E-state index in [9.17, 15) is 4.79 Å². The minimum Gasteiger partial charge on any atom is -0.478 e. The van der Waals surface area contributed by atoms with Crippen molar-refractivity contribution in [2.45, 2.75) is 26.4 Å². The van der Waals surface area contributed by atoms with Crippen molar-refractivity contribution in [2.24, 2.45) is 0 Å². The SMILES string of the molecule is CCCCOCCOCc1ccccc1C=CC(=O)O. The van der Waals surface area contributed by atoms with E-state index < -0.39 is 5.97 Å². The Morgan fingerprint density at radius 2 is 1.95 bits per heavy atom. The van der Waals surface area contributed by atoms with Gasteiger partial charge in [-0.3, -0.25) is 0 Å². The van der Waals surface area contributed by atoms with Crippen LogP contribution in [0.3, 0.4) is 0 Å². The summed E-state index contributed by atoms with van der Waals surface area (Å²) in [6.45, 7) is 4.49. The molecule has 4 nitrogen and oxygen atoms in total. The van der Waals surface area contributed by atoms with Gasteiger partial charge in [0.15, 0.2) is 0 Å². The fourth-order valence-electron chi connectivity index (χ4n) is 1.64. The number of carboxylic acid groups (broad SMARTS) is 1. The molecule has 0 aliphatic heterocycles. The van der Waals surface area contributed by atoms with Crippen LogP contribution in [0.5, 0.6) is 0 Å². The molecule has 0 spiro atoms. The van der Waals surface area contributed by atoms with Crippen LogP contribution in [-0.2, 0) is 20.9 Å². The summed E-state index contributed by atoms with van der Waals surface area (Å²) in [5.41, 5.74) is 1.83. The molecule has 1 aromatic rings. The third-order valence-electron chi connectivity index (χ3n) is 2.73. The van der Waals surface area contributed by atoms with E-state index in [2.05, 4.69) is 6.92 Å². The van der Waals surface area contributed by atoms with E-state index in [1.54, 1.807) is 6.08 Å². The molecule has 1 rings (SSSR count). The Kier molecular flexibility index (Phi) is 8.35. The molecule has 0 heterocycles. The van der Waals surface area contributed by atoms with E-state index in [-0.39, 0.29) is 0 Å². The van der Waals surface area contributed by atoms with Crippen LogP contribution in [-0.4, -0.2) is 30.9 Å². The Balaban J connectivity index is 2.34. The van der Waals surface area contributed by atoms with Gasteiger partial charge in [-0.05, 0) is 23.6 Å². The first-order valence-electron chi connectivity index (χ1n) is 6.88. The quantitative estimate of drug-likeness (QED) is 0.528. The van der Waals surface area contributed by atoms with Gasteiger partial charge in [0.2, 0.25) is 0 Å². The number of unbranched alkanes of at least 4 members (excludes halogenated alkanes) is 1. The van der Waals surface area contributed by atoms with Crippen molar-refractivity contribution in [1.29, 1.82) is 0 Å². The molecule has 0 radical (unpaired) electrons. The molecule has 0 atom stereocenters. The van der Waals surface area contributed by atoms with E-state index in [1.807, 2.05) is 24.3 Å². The van der Waals surface area contributed by atoms with Crippen LogP contribution in [0.4, 0.5) is 0 Å². The van der Waals surface area contributed by atoms with Crippen molar-refractivity contribution < 1.29 is 19.4 Å². The van der Waals surface area contributed by atoms with Gasteiger partial charge in [-0.1, -0.05) is 37.6 Å². The lowest BCUT2D eigenvalue weighted by Gasteiger charge is -2.08. The average molecular weight is 278 g/mol. The molecule has 0 saturated heterocycles.